The number of methoxy groups -OCH3 is 2. The van der Waals surface area contributed by atoms with Crippen LogP contribution < -0.4 is 19.7 Å². The molecule has 2 aromatic carbocycles. The van der Waals surface area contributed by atoms with Crippen LogP contribution in [-0.4, -0.2) is 46.4 Å². The van der Waals surface area contributed by atoms with Crippen molar-refractivity contribution in [2.45, 2.75) is 12.7 Å². The van der Waals surface area contributed by atoms with E-state index in [0.717, 1.165) is 6.07 Å². The third-order valence-corrected chi connectivity index (χ3v) is 5.39. The molecule has 33 heavy (non-hydrogen) atoms. The topological polar surface area (TPSA) is 60.0 Å². The van der Waals surface area contributed by atoms with Crippen molar-refractivity contribution in [2.24, 2.45) is 0 Å². The Morgan fingerprint density at radius 2 is 1.91 bits per heavy atom. The molecule has 0 unspecified atom stereocenters. The molecule has 0 bridgehead atoms. The highest BCUT2D eigenvalue weighted by Crippen LogP contribution is 2.37. The molecule has 0 saturated carbocycles. The molecular weight excluding hydrogens is 461 g/mol. The average Bonchev–Trinajstić information content (AvgIpc) is 2.80. The Bertz CT molecular complexity index is 1020. The number of halogens is 4. The number of anilines is 1. The van der Waals surface area contributed by atoms with Crippen LogP contribution in [0.25, 0.3) is 6.08 Å². The summed E-state index contributed by atoms with van der Waals surface area (Å²) in [5.74, 6) is 0.201. The van der Waals surface area contributed by atoms with Gasteiger partial charge in [0.2, 0.25) is 5.91 Å². The maximum atomic E-state index is 13.7. The first-order chi connectivity index (χ1) is 15.7. The minimum Gasteiger partial charge on any atom is -0.493 e. The fourth-order valence-corrected chi connectivity index (χ4v) is 3.74. The quantitative estimate of drug-likeness (QED) is 0.585. The molecule has 1 fully saturated rings. The van der Waals surface area contributed by atoms with Gasteiger partial charge in [0.05, 0.1) is 38.0 Å². The van der Waals surface area contributed by atoms with Gasteiger partial charge in [0.15, 0.2) is 11.5 Å². The summed E-state index contributed by atoms with van der Waals surface area (Å²) < 4.78 is 56.6. The van der Waals surface area contributed by atoms with E-state index in [0.29, 0.717) is 54.1 Å². The summed E-state index contributed by atoms with van der Waals surface area (Å²) in [5.41, 5.74) is 0.252. The summed E-state index contributed by atoms with van der Waals surface area (Å²) in [6, 6.07) is 7.35. The number of alkyl halides is 3. The molecule has 0 radical (unpaired) electrons. The molecule has 0 aromatic heterocycles. The van der Waals surface area contributed by atoms with Crippen LogP contribution in [0.3, 0.4) is 0 Å². The highest BCUT2D eigenvalue weighted by atomic mass is 35.5. The second-order valence-corrected chi connectivity index (χ2v) is 7.64. The van der Waals surface area contributed by atoms with Crippen LogP contribution in [0.15, 0.2) is 36.4 Å². The third kappa shape index (κ3) is 6.33. The zero-order valence-corrected chi connectivity index (χ0v) is 18.9. The number of benzene rings is 2. The number of carbonyl (C=O) groups is 1. The van der Waals surface area contributed by atoms with Crippen molar-refractivity contribution in [2.75, 3.05) is 45.4 Å². The Hall–Kier alpha value is -2.91. The van der Waals surface area contributed by atoms with Crippen molar-refractivity contribution < 1.29 is 32.2 Å². The molecule has 1 heterocycles. The molecule has 0 atom stereocenters. The average molecular weight is 485 g/mol. The number of ether oxygens (including phenoxy) is 3. The van der Waals surface area contributed by atoms with Crippen molar-refractivity contribution >= 4 is 29.3 Å². The van der Waals surface area contributed by atoms with Crippen LogP contribution in [0.1, 0.15) is 16.7 Å². The van der Waals surface area contributed by atoms with Gasteiger partial charge in [0.25, 0.3) is 0 Å². The lowest BCUT2D eigenvalue weighted by atomic mass is 10.0. The first-order valence-electron chi connectivity index (χ1n) is 10.1. The molecule has 0 aliphatic carbocycles. The van der Waals surface area contributed by atoms with Gasteiger partial charge in [-0.05, 0) is 41.5 Å². The summed E-state index contributed by atoms with van der Waals surface area (Å²) in [4.78, 5) is 14.1. The van der Waals surface area contributed by atoms with Crippen LogP contribution in [0.2, 0.25) is 5.02 Å². The van der Waals surface area contributed by atoms with E-state index in [1.54, 1.807) is 18.2 Å². The van der Waals surface area contributed by atoms with Gasteiger partial charge in [0, 0.05) is 31.4 Å². The monoisotopic (exact) mass is 484 g/mol. The molecule has 1 saturated heterocycles. The minimum absolute atomic E-state index is 0.0181. The molecule has 10 heteroatoms. The lowest BCUT2D eigenvalue weighted by molar-refractivity contribution is -0.138. The first kappa shape index (κ1) is 24.7. The third-order valence-electron chi connectivity index (χ3n) is 5.11. The summed E-state index contributed by atoms with van der Waals surface area (Å²) in [5, 5.41) is 2.80. The number of hydrogen-bond donors (Lipinski definition) is 1. The lowest BCUT2D eigenvalue weighted by Crippen LogP contribution is -2.36. The Balaban J connectivity index is 1.71. The fraction of sp³-hybridized carbons (Fsp3) is 0.348. The second-order valence-electron chi connectivity index (χ2n) is 7.23. The van der Waals surface area contributed by atoms with Gasteiger partial charge in [-0.25, -0.2) is 0 Å². The molecule has 2 aromatic rings. The molecule has 1 aliphatic rings. The van der Waals surface area contributed by atoms with E-state index in [1.807, 2.05) is 4.90 Å². The largest absolute Gasteiger partial charge is 0.493 e. The maximum Gasteiger partial charge on any atom is 0.416 e. The van der Waals surface area contributed by atoms with Gasteiger partial charge < -0.3 is 24.4 Å². The smallest absolute Gasteiger partial charge is 0.416 e. The van der Waals surface area contributed by atoms with Gasteiger partial charge >= 0.3 is 6.18 Å². The molecule has 1 amide bonds. The number of nitrogens with one attached hydrogen (secondary N) is 1. The molecule has 3 rings (SSSR count). The van der Waals surface area contributed by atoms with Crippen molar-refractivity contribution in [3.05, 3.63) is 58.1 Å². The fourth-order valence-electron chi connectivity index (χ4n) is 3.45. The SMILES string of the molecule is COc1cc(/C=C/C(=O)NCc2ccc(N3CCOCC3)cc2C(F)(F)F)cc(Cl)c1OC. The first-order valence-corrected chi connectivity index (χ1v) is 10.5. The number of amides is 1. The standard InChI is InChI=1S/C23H24ClF3N2O4/c1-31-20-12-15(11-19(24)22(20)32-2)3-6-21(30)28-14-16-4-5-17(13-18(16)23(25,26)27)29-7-9-33-10-8-29/h3-6,11-13H,7-10,14H2,1-2H3,(H,28,30)/b6-3+. The predicted molar refractivity (Wildman–Crippen MR) is 120 cm³/mol. The van der Waals surface area contributed by atoms with Gasteiger partial charge in [-0.15, -0.1) is 0 Å². The Kier molecular flexibility index (Phi) is 8.10. The van der Waals surface area contributed by atoms with E-state index in [1.165, 1.54) is 32.4 Å². The minimum atomic E-state index is -4.55. The summed E-state index contributed by atoms with van der Waals surface area (Å²) in [6.45, 7) is 1.72. The van der Waals surface area contributed by atoms with Crippen LogP contribution in [0, 0.1) is 0 Å². The molecule has 178 valence electrons. The number of rotatable bonds is 7. The zero-order chi connectivity index (χ0) is 24.0. The molecular formula is C23H24ClF3N2O4. The van der Waals surface area contributed by atoms with E-state index in [4.69, 9.17) is 25.8 Å². The normalized spacial score (nSPS) is 14.4. The van der Waals surface area contributed by atoms with Gasteiger partial charge in [-0.3, -0.25) is 4.79 Å². The zero-order valence-electron chi connectivity index (χ0n) is 18.2. The number of nitrogens with zero attached hydrogens (tertiary/aromatic N) is 1. The maximum absolute atomic E-state index is 13.7. The van der Waals surface area contributed by atoms with Crippen LogP contribution >= 0.6 is 11.6 Å². The Morgan fingerprint density at radius 1 is 1.18 bits per heavy atom. The van der Waals surface area contributed by atoms with E-state index in [-0.39, 0.29) is 12.1 Å². The highest BCUT2D eigenvalue weighted by molar-refractivity contribution is 6.32. The van der Waals surface area contributed by atoms with E-state index < -0.39 is 17.6 Å². The Labute approximate surface area is 194 Å². The summed E-state index contributed by atoms with van der Waals surface area (Å²) in [6.07, 6.45) is -1.85. The summed E-state index contributed by atoms with van der Waals surface area (Å²) in [7, 11) is 2.91. The summed E-state index contributed by atoms with van der Waals surface area (Å²) >= 11 is 6.14. The number of morpholine rings is 1. The van der Waals surface area contributed by atoms with Gasteiger partial charge in [0.1, 0.15) is 0 Å². The number of hydrogen-bond acceptors (Lipinski definition) is 5. The van der Waals surface area contributed by atoms with Crippen molar-refractivity contribution in [3.8, 4) is 11.5 Å². The van der Waals surface area contributed by atoms with E-state index in [9.17, 15) is 18.0 Å². The van der Waals surface area contributed by atoms with Gasteiger partial charge in [-0.2, -0.15) is 13.2 Å². The van der Waals surface area contributed by atoms with E-state index >= 15 is 0 Å². The highest BCUT2D eigenvalue weighted by Gasteiger charge is 2.34. The van der Waals surface area contributed by atoms with Crippen LogP contribution in [-0.2, 0) is 22.3 Å². The molecule has 6 nitrogen and oxygen atoms in total. The Morgan fingerprint density at radius 3 is 2.55 bits per heavy atom. The van der Waals surface area contributed by atoms with E-state index in [2.05, 4.69) is 5.32 Å². The second kappa shape index (κ2) is 10.8. The van der Waals surface area contributed by atoms with Crippen molar-refractivity contribution in [1.82, 2.24) is 5.32 Å². The predicted octanol–water partition coefficient (Wildman–Crippen LogP) is 4.54. The van der Waals surface area contributed by atoms with Crippen LogP contribution in [0.4, 0.5) is 18.9 Å². The molecule has 1 aliphatic heterocycles. The van der Waals surface area contributed by atoms with Gasteiger partial charge in [-0.1, -0.05) is 17.7 Å². The van der Waals surface area contributed by atoms with Crippen LogP contribution in [0.5, 0.6) is 11.5 Å². The number of carbonyl (C=O) groups excluding carboxylic acids is 1. The van der Waals surface area contributed by atoms with Crippen molar-refractivity contribution in [3.63, 3.8) is 0 Å². The van der Waals surface area contributed by atoms with Crippen molar-refractivity contribution in [1.29, 1.82) is 0 Å². The lowest BCUT2D eigenvalue weighted by Gasteiger charge is -2.29. The molecule has 1 N–H and O–H groups in total. The molecule has 0 spiro atoms.